The SMILES string of the molecule is CCCCOCc1cc(I)cc(I)c1I. The van der Waals surface area contributed by atoms with E-state index in [0.717, 1.165) is 19.6 Å². The number of hydrogen-bond donors (Lipinski definition) is 0. The van der Waals surface area contributed by atoms with Gasteiger partial charge in [-0.2, -0.15) is 0 Å². The van der Waals surface area contributed by atoms with E-state index >= 15 is 0 Å². The van der Waals surface area contributed by atoms with Crippen LogP contribution in [0.15, 0.2) is 12.1 Å². The number of ether oxygens (including phenoxy) is 1. The molecule has 0 atom stereocenters. The molecule has 0 spiro atoms. The zero-order valence-electron chi connectivity index (χ0n) is 8.53. The normalized spacial score (nSPS) is 10.7. The first-order valence-electron chi connectivity index (χ1n) is 4.86. The molecule has 0 fully saturated rings. The van der Waals surface area contributed by atoms with Gasteiger partial charge in [0.1, 0.15) is 0 Å². The highest BCUT2D eigenvalue weighted by Gasteiger charge is 2.05. The van der Waals surface area contributed by atoms with Crippen LogP contribution in [0.3, 0.4) is 0 Å². The highest BCUT2D eigenvalue weighted by molar-refractivity contribution is 14.1. The van der Waals surface area contributed by atoms with Crippen LogP contribution in [-0.4, -0.2) is 6.61 Å². The van der Waals surface area contributed by atoms with Gasteiger partial charge in [-0.05, 0) is 91.9 Å². The van der Waals surface area contributed by atoms with E-state index in [1.54, 1.807) is 0 Å². The maximum Gasteiger partial charge on any atom is 0.0727 e. The quantitative estimate of drug-likeness (QED) is 0.295. The second kappa shape index (κ2) is 7.65. The summed E-state index contributed by atoms with van der Waals surface area (Å²) >= 11 is 7.12. The summed E-state index contributed by atoms with van der Waals surface area (Å²) in [5.74, 6) is 0. The van der Waals surface area contributed by atoms with Crippen molar-refractivity contribution in [2.24, 2.45) is 0 Å². The van der Waals surface area contributed by atoms with E-state index in [1.165, 1.54) is 22.7 Å². The molecule has 0 saturated heterocycles. The Hall–Kier alpha value is 1.37. The average Bonchev–Trinajstić information content (AvgIpc) is 2.19. The minimum Gasteiger partial charge on any atom is -0.377 e. The van der Waals surface area contributed by atoms with E-state index in [0.29, 0.717) is 0 Å². The molecule has 0 heterocycles. The summed E-state index contributed by atoms with van der Waals surface area (Å²) in [5.41, 5.74) is 1.31. The van der Waals surface area contributed by atoms with Gasteiger partial charge in [-0.3, -0.25) is 0 Å². The fraction of sp³-hybridized carbons (Fsp3) is 0.455. The minimum absolute atomic E-state index is 0.741. The van der Waals surface area contributed by atoms with Crippen molar-refractivity contribution in [3.05, 3.63) is 28.4 Å². The van der Waals surface area contributed by atoms with E-state index in [4.69, 9.17) is 4.74 Å². The van der Waals surface area contributed by atoms with Gasteiger partial charge in [0.25, 0.3) is 0 Å². The molecule has 15 heavy (non-hydrogen) atoms. The van der Waals surface area contributed by atoms with Crippen LogP contribution in [0.4, 0.5) is 0 Å². The van der Waals surface area contributed by atoms with Crippen LogP contribution in [0.2, 0.25) is 0 Å². The van der Waals surface area contributed by atoms with Crippen LogP contribution < -0.4 is 0 Å². The van der Waals surface area contributed by atoms with E-state index in [2.05, 4.69) is 86.8 Å². The smallest absolute Gasteiger partial charge is 0.0727 e. The van der Waals surface area contributed by atoms with Crippen LogP contribution in [0.1, 0.15) is 25.3 Å². The van der Waals surface area contributed by atoms with Gasteiger partial charge in [-0.1, -0.05) is 13.3 Å². The fourth-order valence-electron chi connectivity index (χ4n) is 1.14. The molecule has 1 rings (SSSR count). The summed E-state index contributed by atoms with van der Waals surface area (Å²) in [5, 5.41) is 0. The Morgan fingerprint density at radius 2 is 1.93 bits per heavy atom. The monoisotopic (exact) mass is 542 g/mol. The van der Waals surface area contributed by atoms with E-state index in [9.17, 15) is 0 Å². The molecule has 0 radical (unpaired) electrons. The fourth-order valence-corrected chi connectivity index (χ4v) is 3.58. The third-order valence-electron chi connectivity index (χ3n) is 1.97. The van der Waals surface area contributed by atoms with E-state index in [-0.39, 0.29) is 0 Å². The molecule has 1 aromatic rings. The predicted molar refractivity (Wildman–Crippen MR) is 89.2 cm³/mol. The van der Waals surface area contributed by atoms with Gasteiger partial charge in [0, 0.05) is 17.3 Å². The lowest BCUT2D eigenvalue weighted by Gasteiger charge is -2.08. The zero-order valence-corrected chi connectivity index (χ0v) is 15.0. The standard InChI is InChI=1S/C11H13I3O/c1-2-3-4-15-7-8-5-9(12)6-10(13)11(8)14/h5-6H,2-4,7H2,1H3. The summed E-state index contributed by atoms with van der Waals surface area (Å²) < 4.78 is 9.56. The van der Waals surface area contributed by atoms with E-state index < -0.39 is 0 Å². The average molecular weight is 542 g/mol. The highest BCUT2D eigenvalue weighted by Crippen LogP contribution is 2.23. The summed E-state index contributed by atoms with van der Waals surface area (Å²) in [7, 11) is 0. The van der Waals surface area contributed by atoms with Gasteiger partial charge in [0.2, 0.25) is 0 Å². The van der Waals surface area contributed by atoms with E-state index in [1.807, 2.05) is 0 Å². The molecule has 4 heteroatoms. The number of unbranched alkanes of at least 4 members (excludes halogenated alkanes) is 1. The Bertz CT molecular complexity index is 326. The molecule has 0 aliphatic rings. The summed E-state index contributed by atoms with van der Waals surface area (Å²) in [6.07, 6.45) is 2.35. The molecule has 0 unspecified atom stereocenters. The predicted octanol–water partition coefficient (Wildman–Crippen LogP) is 4.82. The molecule has 0 aliphatic heterocycles. The minimum atomic E-state index is 0.741. The molecule has 0 aromatic heterocycles. The molecular formula is C11H13I3O. The first kappa shape index (κ1) is 14.4. The Morgan fingerprint density at radius 3 is 2.60 bits per heavy atom. The number of rotatable bonds is 5. The molecule has 0 amide bonds. The lowest BCUT2D eigenvalue weighted by atomic mass is 10.2. The van der Waals surface area contributed by atoms with Gasteiger partial charge in [0.15, 0.2) is 0 Å². The van der Waals surface area contributed by atoms with Crippen LogP contribution in [0.25, 0.3) is 0 Å². The molecule has 0 bridgehead atoms. The highest BCUT2D eigenvalue weighted by atomic mass is 127. The number of halogens is 3. The van der Waals surface area contributed by atoms with Gasteiger partial charge >= 0.3 is 0 Å². The van der Waals surface area contributed by atoms with Crippen molar-refractivity contribution in [3.63, 3.8) is 0 Å². The Balaban J connectivity index is 2.60. The topological polar surface area (TPSA) is 9.23 Å². The summed E-state index contributed by atoms with van der Waals surface area (Å²) in [4.78, 5) is 0. The van der Waals surface area contributed by atoms with Gasteiger partial charge in [0.05, 0.1) is 6.61 Å². The van der Waals surface area contributed by atoms with Crippen molar-refractivity contribution >= 4 is 67.8 Å². The largest absolute Gasteiger partial charge is 0.377 e. The molecular weight excluding hydrogens is 529 g/mol. The third-order valence-corrected chi connectivity index (χ3v) is 5.75. The van der Waals surface area contributed by atoms with Gasteiger partial charge in [-0.15, -0.1) is 0 Å². The summed E-state index contributed by atoms with van der Waals surface area (Å²) in [6.45, 7) is 3.79. The first-order chi connectivity index (χ1) is 7.15. The van der Waals surface area contributed by atoms with Crippen LogP contribution in [0.5, 0.6) is 0 Å². The lowest BCUT2D eigenvalue weighted by Crippen LogP contribution is -1.99. The zero-order chi connectivity index (χ0) is 11.3. The van der Waals surface area contributed by atoms with Crippen molar-refractivity contribution in [2.75, 3.05) is 6.61 Å². The lowest BCUT2D eigenvalue weighted by molar-refractivity contribution is 0.117. The van der Waals surface area contributed by atoms with Crippen molar-refractivity contribution in [3.8, 4) is 0 Å². The maximum atomic E-state index is 5.64. The van der Waals surface area contributed by atoms with Crippen molar-refractivity contribution in [2.45, 2.75) is 26.4 Å². The molecule has 1 aromatic carbocycles. The maximum absolute atomic E-state index is 5.64. The molecule has 0 aliphatic carbocycles. The molecule has 0 N–H and O–H groups in total. The number of hydrogen-bond acceptors (Lipinski definition) is 1. The van der Waals surface area contributed by atoms with Crippen LogP contribution >= 0.6 is 67.8 Å². The van der Waals surface area contributed by atoms with Crippen LogP contribution in [-0.2, 0) is 11.3 Å². The molecule has 84 valence electrons. The van der Waals surface area contributed by atoms with Crippen molar-refractivity contribution in [1.82, 2.24) is 0 Å². The van der Waals surface area contributed by atoms with Gasteiger partial charge < -0.3 is 4.74 Å². The Kier molecular flexibility index (Phi) is 7.36. The van der Waals surface area contributed by atoms with Crippen LogP contribution in [0, 0.1) is 10.7 Å². The molecule has 0 saturated carbocycles. The first-order valence-corrected chi connectivity index (χ1v) is 8.10. The third kappa shape index (κ3) is 5.03. The van der Waals surface area contributed by atoms with Crippen molar-refractivity contribution in [1.29, 1.82) is 0 Å². The molecule has 1 nitrogen and oxygen atoms in total. The summed E-state index contributed by atoms with van der Waals surface area (Å²) in [6, 6.07) is 4.40. The second-order valence-corrected chi connectivity index (χ2v) is 6.75. The Morgan fingerprint density at radius 1 is 1.20 bits per heavy atom. The van der Waals surface area contributed by atoms with Crippen molar-refractivity contribution < 1.29 is 4.74 Å². The number of benzene rings is 1. The van der Waals surface area contributed by atoms with Gasteiger partial charge in [-0.25, -0.2) is 0 Å². The Labute approximate surface area is 132 Å². The second-order valence-electron chi connectivity index (χ2n) is 3.27.